The van der Waals surface area contributed by atoms with Crippen molar-refractivity contribution in [3.63, 3.8) is 0 Å². The van der Waals surface area contributed by atoms with E-state index < -0.39 is 29.5 Å². The molecule has 0 spiro atoms. The summed E-state index contributed by atoms with van der Waals surface area (Å²) in [7, 11) is 1.52. The third-order valence-corrected chi connectivity index (χ3v) is 5.68. The minimum atomic E-state index is -0.884. The van der Waals surface area contributed by atoms with Gasteiger partial charge in [0.25, 0.3) is 0 Å². The predicted octanol–water partition coefficient (Wildman–Crippen LogP) is 2.63. The number of methoxy groups -OCH3 is 1. The molecule has 3 rings (SSSR count). The van der Waals surface area contributed by atoms with E-state index in [4.69, 9.17) is 14.2 Å². The zero-order valence-corrected chi connectivity index (χ0v) is 18.9. The molecule has 1 aromatic carbocycles. The predicted molar refractivity (Wildman–Crippen MR) is 112 cm³/mol. The van der Waals surface area contributed by atoms with Crippen LogP contribution in [0, 0.1) is 6.92 Å². The van der Waals surface area contributed by atoms with Crippen molar-refractivity contribution in [3.8, 4) is 11.5 Å². The molecule has 0 saturated carbocycles. The molecule has 1 aromatic rings. The van der Waals surface area contributed by atoms with Crippen molar-refractivity contribution in [2.24, 2.45) is 0 Å². The van der Waals surface area contributed by atoms with Gasteiger partial charge in [-0.3, -0.25) is 4.90 Å². The van der Waals surface area contributed by atoms with Gasteiger partial charge < -0.3 is 29.7 Å². The Morgan fingerprint density at radius 1 is 1.40 bits per heavy atom. The van der Waals surface area contributed by atoms with E-state index in [2.05, 4.69) is 5.32 Å². The van der Waals surface area contributed by atoms with Crippen LogP contribution in [-0.4, -0.2) is 64.9 Å². The lowest BCUT2D eigenvalue weighted by Gasteiger charge is -2.41. The van der Waals surface area contributed by atoms with Gasteiger partial charge in [0.15, 0.2) is 11.5 Å². The number of hydrogen-bond donors (Lipinski definition) is 3. The summed E-state index contributed by atoms with van der Waals surface area (Å²) in [6.45, 7) is 11.2. The van der Waals surface area contributed by atoms with Gasteiger partial charge in [0.2, 0.25) is 0 Å². The molecule has 0 radical (unpaired) electrons. The average molecular weight is 423 g/mol. The van der Waals surface area contributed by atoms with Crippen molar-refractivity contribution in [2.75, 3.05) is 20.3 Å². The maximum absolute atomic E-state index is 13.1. The van der Waals surface area contributed by atoms with Crippen LogP contribution in [-0.2, 0) is 15.9 Å². The zero-order valence-electron chi connectivity index (χ0n) is 18.9. The Morgan fingerprint density at radius 3 is 2.63 bits per heavy atom. The summed E-state index contributed by atoms with van der Waals surface area (Å²) >= 11 is 0. The van der Waals surface area contributed by atoms with Crippen LogP contribution >= 0.6 is 0 Å². The summed E-state index contributed by atoms with van der Waals surface area (Å²) in [6, 6.07) is 0.859. The van der Waals surface area contributed by atoms with Crippen molar-refractivity contribution in [2.45, 2.75) is 77.4 Å². The number of nitrogens with one attached hydrogen (secondary N) is 1. The van der Waals surface area contributed by atoms with E-state index in [1.54, 1.807) is 4.90 Å². The van der Waals surface area contributed by atoms with Crippen LogP contribution in [0.4, 0.5) is 4.79 Å². The van der Waals surface area contributed by atoms with Crippen molar-refractivity contribution in [1.82, 2.24) is 10.2 Å². The number of ether oxygens (including phenoxy) is 3. The number of benzene rings is 1. The molecule has 3 N–H and O–H groups in total. The molecule has 2 aliphatic rings. The second-order valence-corrected chi connectivity index (χ2v) is 9.55. The van der Waals surface area contributed by atoms with Crippen molar-refractivity contribution < 1.29 is 29.2 Å². The molecular formula is C22H34N2O6. The largest absolute Gasteiger partial charge is 0.504 e. The normalized spacial score (nSPS) is 25.7. The lowest BCUT2D eigenvalue weighted by Crippen LogP contribution is -2.56. The average Bonchev–Trinajstić information content (AvgIpc) is 2.94. The van der Waals surface area contributed by atoms with E-state index in [0.717, 1.165) is 11.1 Å². The molecule has 8 heteroatoms. The second-order valence-electron chi connectivity index (χ2n) is 9.55. The number of nitrogens with zero attached hydrogens (tertiary/aromatic N) is 1. The van der Waals surface area contributed by atoms with Gasteiger partial charge in [0.1, 0.15) is 11.3 Å². The van der Waals surface area contributed by atoms with Gasteiger partial charge in [0.05, 0.1) is 32.4 Å². The van der Waals surface area contributed by atoms with E-state index in [-0.39, 0.29) is 25.0 Å². The number of phenolic OH excluding ortho intramolecular Hbond substituents is 1. The Morgan fingerprint density at radius 2 is 2.07 bits per heavy atom. The topological polar surface area (TPSA) is 100 Å². The molecule has 1 saturated heterocycles. The van der Waals surface area contributed by atoms with Gasteiger partial charge in [-0.15, -0.1) is 0 Å². The summed E-state index contributed by atoms with van der Waals surface area (Å²) in [4.78, 5) is 14.7. The molecular weight excluding hydrogens is 388 g/mol. The van der Waals surface area contributed by atoms with Crippen LogP contribution in [0.1, 0.15) is 57.4 Å². The Labute approximate surface area is 178 Å². The maximum atomic E-state index is 13.1. The monoisotopic (exact) mass is 422 g/mol. The number of hydrogen-bond acceptors (Lipinski definition) is 7. The van der Waals surface area contributed by atoms with Crippen LogP contribution < -0.4 is 10.1 Å². The summed E-state index contributed by atoms with van der Waals surface area (Å²) in [6.07, 6.45) is 0.0764. The van der Waals surface area contributed by atoms with Gasteiger partial charge >= 0.3 is 6.09 Å². The molecule has 2 heterocycles. The van der Waals surface area contributed by atoms with Gasteiger partial charge in [-0.05, 0) is 59.1 Å². The summed E-state index contributed by atoms with van der Waals surface area (Å²) in [5.41, 5.74) is 0.863. The molecule has 3 atom stereocenters. The van der Waals surface area contributed by atoms with Crippen LogP contribution in [0.3, 0.4) is 0 Å². The van der Waals surface area contributed by atoms with Gasteiger partial charge in [-0.25, -0.2) is 4.79 Å². The first-order valence-corrected chi connectivity index (χ1v) is 10.3. The van der Waals surface area contributed by atoms with Crippen molar-refractivity contribution in [3.05, 3.63) is 22.8 Å². The Hall–Kier alpha value is -2.03. The fourth-order valence-electron chi connectivity index (χ4n) is 4.47. The SMILES string of the molecule is COc1c(C)cc2c(c1O)C(C1COC(C)(C)N1C(=O)OC(C)(C)C)N[C@H](CO)C2. The van der Waals surface area contributed by atoms with Crippen LogP contribution in [0.15, 0.2) is 6.07 Å². The number of aliphatic hydroxyl groups is 1. The number of aromatic hydroxyl groups is 1. The number of rotatable bonds is 3. The molecule has 0 bridgehead atoms. The Kier molecular flexibility index (Phi) is 5.97. The molecule has 2 aliphatic heterocycles. The lowest BCUT2D eigenvalue weighted by atomic mass is 9.84. The zero-order chi connectivity index (χ0) is 22.4. The Balaban J connectivity index is 2.08. The maximum Gasteiger partial charge on any atom is 0.412 e. The van der Waals surface area contributed by atoms with Gasteiger partial charge in [0, 0.05) is 11.6 Å². The molecule has 1 amide bonds. The highest BCUT2D eigenvalue weighted by atomic mass is 16.6. The lowest BCUT2D eigenvalue weighted by molar-refractivity contribution is -0.0640. The molecule has 0 aliphatic carbocycles. The number of carbonyl (C=O) groups is 1. The second kappa shape index (κ2) is 7.90. The summed E-state index contributed by atoms with van der Waals surface area (Å²) < 4.78 is 17.0. The van der Waals surface area contributed by atoms with E-state index in [9.17, 15) is 15.0 Å². The fourth-order valence-corrected chi connectivity index (χ4v) is 4.47. The summed E-state index contributed by atoms with van der Waals surface area (Å²) in [5.74, 6) is 0.459. The highest BCUT2D eigenvalue weighted by Crippen LogP contribution is 2.46. The minimum absolute atomic E-state index is 0.0511. The molecule has 168 valence electrons. The van der Waals surface area contributed by atoms with E-state index in [1.807, 2.05) is 47.6 Å². The number of carbonyl (C=O) groups excluding carboxylic acids is 1. The first-order chi connectivity index (χ1) is 13.9. The highest BCUT2D eigenvalue weighted by molar-refractivity contribution is 5.70. The molecule has 2 unspecified atom stereocenters. The number of aliphatic hydroxyl groups excluding tert-OH is 1. The highest BCUT2D eigenvalue weighted by Gasteiger charge is 2.51. The number of amides is 1. The molecule has 8 nitrogen and oxygen atoms in total. The van der Waals surface area contributed by atoms with Gasteiger partial charge in [-0.2, -0.15) is 0 Å². The first kappa shape index (κ1) is 22.7. The van der Waals surface area contributed by atoms with Crippen LogP contribution in [0.2, 0.25) is 0 Å². The molecule has 1 fully saturated rings. The fraction of sp³-hybridized carbons (Fsp3) is 0.682. The van der Waals surface area contributed by atoms with Gasteiger partial charge in [-0.1, -0.05) is 6.07 Å². The quantitative estimate of drug-likeness (QED) is 0.688. The van der Waals surface area contributed by atoms with Crippen molar-refractivity contribution in [1.29, 1.82) is 0 Å². The standard InChI is InChI=1S/C22H34N2O6/c1-12-8-13-9-14(10-25)23-17(16(13)18(26)19(12)28-7)15-11-29-22(5,6)24(15)20(27)30-21(2,3)4/h8,14-15,17,23,25-26H,9-11H2,1-7H3/t14-,15?,17?/m0/s1. The third-order valence-electron chi connectivity index (χ3n) is 5.68. The summed E-state index contributed by atoms with van der Waals surface area (Å²) in [5, 5.41) is 24.3. The Bertz CT molecular complexity index is 817. The minimum Gasteiger partial charge on any atom is -0.504 e. The van der Waals surface area contributed by atoms with Crippen LogP contribution in [0.5, 0.6) is 11.5 Å². The van der Waals surface area contributed by atoms with Crippen molar-refractivity contribution >= 4 is 6.09 Å². The first-order valence-electron chi connectivity index (χ1n) is 10.3. The van der Waals surface area contributed by atoms with E-state index >= 15 is 0 Å². The number of aryl methyl sites for hydroxylation is 1. The third kappa shape index (κ3) is 4.08. The van der Waals surface area contributed by atoms with E-state index in [1.165, 1.54) is 7.11 Å². The smallest absolute Gasteiger partial charge is 0.412 e. The van der Waals surface area contributed by atoms with Crippen LogP contribution in [0.25, 0.3) is 0 Å². The van der Waals surface area contributed by atoms with E-state index in [0.29, 0.717) is 17.7 Å². The molecule has 30 heavy (non-hydrogen) atoms. The number of fused-ring (bicyclic) bond motifs is 1. The molecule has 0 aromatic heterocycles. The number of phenols is 1.